The SMILES string of the molecule is C=CCN(C[C@@H]1C[C@H](c2ccc(CO)cc2)O[C@H](c2ccc(-c3ccccc3CNC(=O)c3cnc4ccccc4n3)cc2)O1)C1CCCC1. The van der Waals surface area contributed by atoms with Crippen LogP contribution < -0.4 is 5.32 Å². The molecule has 0 spiro atoms. The predicted octanol–water partition coefficient (Wildman–Crippen LogP) is 7.70. The van der Waals surface area contributed by atoms with Crippen LogP contribution in [0, 0.1) is 0 Å². The third kappa shape index (κ3) is 7.85. The van der Waals surface area contributed by atoms with E-state index >= 15 is 0 Å². The van der Waals surface area contributed by atoms with Crippen molar-refractivity contribution >= 4 is 16.9 Å². The van der Waals surface area contributed by atoms with E-state index in [1.807, 2.05) is 60.7 Å². The van der Waals surface area contributed by atoms with Gasteiger partial charge in [0.25, 0.3) is 5.91 Å². The first-order chi connectivity index (χ1) is 24.6. The Balaban J connectivity index is 1.08. The van der Waals surface area contributed by atoms with E-state index in [9.17, 15) is 9.90 Å². The van der Waals surface area contributed by atoms with Crippen LogP contribution in [-0.4, -0.2) is 51.1 Å². The molecule has 2 heterocycles. The number of hydrogen-bond donors (Lipinski definition) is 2. The second-order valence-electron chi connectivity index (χ2n) is 13.2. The van der Waals surface area contributed by atoms with E-state index < -0.39 is 6.29 Å². The summed E-state index contributed by atoms with van der Waals surface area (Å²) in [4.78, 5) is 24.4. The molecule has 1 amide bonds. The Bertz CT molecular complexity index is 1910. The maximum atomic E-state index is 13.0. The fourth-order valence-corrected chi connectivity index (χ4v) is 7.21. The van der Waals surface area contributed by atoms with Gasteiger partial charge in [0.05, 0.1) is 36.0 Å². The maximum Gasteiger partial charge on any atom is 0.271 e. The third-order valence-corrected chi connectivity index (χ3v) is 9.89. The van der Waals surface area contributed by atoms with Crippen LogP contribution in [0.25, 0.3) is 22.2 Å². The summed E-state index contributed by atoms with van der Waals surface area (Å²) < 4.78 is 13.4. The van der Waals surface area contributed by atoms with Gasteiger partial charge in [-0.3, -0.25) is 14.7 Å². The molecule has 0 radical (unpaired) electrons. The van der Waals surface area contributed by atoms with Gasteiger partial charge in [-0.2, -0.15) is 0 Å². The van der Waals surface area contributed by atoms with Gasteiger partial charge in [-0.15, -0.1) is 6.58 Å². The van der Waals surface area contributed by atoms with Gasteiger partial charge in [-0.05, 0) is 52.8 Å². The van der Waals surface area contributed by atoms with E-state index in [1.54, 1.807) is 0 Å². The fourth-order valence-electron chi connectivity index (χ4n) is 7.21. The van der Waals surface area contributed by atoms with Crippen molar-refractivity contribution in [3.05, 3.63) is 144 Å². The normalized spacial score (nSPS) is 19.5. The number of para-hydroxylation sites is 2. The number of nitrogens with one attached hydrogen (secondary N) is 1. The maximum absolute atomic E-state index is 13.0. The second-order valence-corrected chi connectivity index (χ2v) is 13.2. The molecule has 3 atom stereocenters. The van der Waals surface area contributed by atoms with Crippen LogP contribution >= 0.6 is 0 Å². The lowest BCUT2D eigenvalue weighted by atomic mass is 9.97. The number of aliphatic hydroxyl groups excluding tert-OH is 1. The lowest BCUT2D eigenvalue weighted by molar-refractivity contribution is -0.253. The van der Waals surface area contributed by atoms with Crippen molar-refractivity contribution in [3.63, 3.8) is 0 Å². The van der Waals surface area contributed by atoms with Crippen LogP contribution in [0.5, 0.6) is 0 Å². The highest BCUT2D eigenvalue weighted by molar-refractivity contribution is 5.93. The van der Waals surface area contributed by atoms with Crippen molar-refractivity contribution in [1.82, 2.24) is 20.2 Å². The third-order valence-electron chi connectivity index (χ3n) is 9.89. The Kier molecular flexibility index (Phi) is 10.7. The number of aliphatic hydroxyl groups is 1. The first kappa shape index (κ1) is 33.8. The lowest BCUT2D eigenvalue weighted by Gasteiger charge is -2.39. The van der Waals surface area contributed by atoms with Crippen LogP contribution in [-0.2, 0) is 22.6 Å². The summed E-state index contributed by atoms with van der Waals surface area (Å²) in [5, 5.41) is 12.6. The molecule has 0 unspecified atom stereocenters. The molecule has 7 rings (SSSR count). The molecule has 1 aromatic heterocycles. The van der Waals surface area contributed by atoms with Crippen LogP contribution in [0.2, 0.25) is 0 Å². The molecule has 256 valence electrons. The van der Waals surface area contributed by atoms with Crippen LogP contribution in [0.3, 0.4) is 0 Å². The molecule has 1 saturated heterocycles. The van der Waals surface area contributed by atoms with Crippen molar-refractivity contribution in [2.45, 2.75) is 69.8 Å². The molecule has 1 saturated carbocycles. The van der Waals surface area contributed by atoms with E-state index in [2.05, 4.69) is 69.2 Å². The topological polar surface area (TPSA) is 96.8 Å². The minimum absolute atomic E-state index is 0.0129. The molecule has 1 aliphatic carbocycles. The number of amides is 1. The Labute approximate surface area is 293 Å². The van der Waals surface area contributed by atoms with E-state index in [1.165, 1.54) is 31.9 Å². The monoisotopic (exact) mass is 668 g/mol. The molecule has 5 aromatic rings. The second kappa shape index (κ2) is 15.9. The van der Waals surface area contributed by atoms with Crippen LogP contribution in [0.4, 0.5) is 0 Å². The highest BCUT2D eigenvalue weighted by Crippen LogP contribution is 2.39. The standard InChI is InChI=1S/C42H44N4O4/c1-2-23-46(34-10-4-5-11-34)27-35-24-40(31-17-15-29(28-47)16-18-31)50-42(49-35)32-21-19-30(20-22-32)36-12-6-3-9-33(36)25-44-41(48)39-26-43-37-13-7-8-14-38(37)45-39/h2-3,6-9,12-22,26,34-35,40,42,47H,1,4-5,10-11,23-25,27-28H2,(H,44,48)/t35-,40+,42+/m0/s1. The predicted molar refractivity (Wildman–Crippen MR) is 195 cm³/mol. The summed E-state index contributed by atoms with van der Waals surface area (Å²) >= 11 is 0. The van der Waals surface area contributed by atoms with Crippen LogP contribution in [0.1, 0.15) is 77.2 Å². The largest absolute Gasteiger partial charge is 0.392 e. The van der Waals surface area contributed by atoms with E-state index in [0.29, 0.717) is 18.1 Å². The Morgan fingerprint density at radius 1 is 0.900 bits per heavy atom. The van der Waals surface area contributed by atoms with Crippen molar-refractivity contribution in [2.75, 3.05) is 13.1 Å². The number of rotatable bonds is 12. The van der Waals surface area contributed by atoms with Gasteiger partial charge in [0.15, 0.2) is 6.29 Å². The summed E-state index contributed by atoms with van der Waals surface area (Å²) in [6.45, 7) is 6.06. The van der Waals surface area contributed by atoms with E-state index in [-0.39, 0.29) is 30.4 Å². The van der Waals surface area contributed by atoms with Gasteiger partial charge in [0.1, 0.15) is 5.69 Å². The molecular weight excluding hydrogens is 624 g/mol. The van der Waals surface area contributed by atoms with E-state index in [0.717, 1.165) is 58.4 Å². The number of benzene rings is 4. The molecule has 1 aliphatic heterocycles. The van der Waals surface area contributed by atoms with Gasteiger partial charge in [0, 0.05) is 37.7 Å². The zero-order valence-corrected chi connectivity index (χ0v) is 28.3. The lowest BCUT2D eigenvalue weighted by Crippen LogP contribution is -2.43. The Morgan fingerprint density at radius 2 is 1.62 bits per heavy atom. The number of carbonyl (C=O) groups excluding carboxylic acids is 1. The first-order valence-corrected chi connectivity index (χ1v) is 17.6. The van der Waals surface area contributed by atoms with Gasteiger partial charge in [-0.25, -0.2) is 4.98 Å². The minimum atomic E-state index is -0.530. The summed E-state index contributed by atoms with van der Waals surface area (Å²) in [6, 6.07) is 32.5. The van der Waals surface area contributed by atoms with Gasteiger partial charge < -0.3 is 19.9 Å². The molecule has 2 aliphatic rings. The smallest absolute Gasteiger partial charge is 0.271 e. The minimum Gasteiger partial charge on any atom is -0.392 e. The average Bonchev–Trinajstić information content (AvgIpc) is 3.72. The first-order valence-electron chi connectivity index (χ1n) is 17.6. The zero-order valence-electron chi connectivity index (χ0n) is 28.3. The van der Waals surface area contributed by atoms with E-state index in [4.69, 9.17) is 9.47 Å². The number of carbonyl (C=O) groups is 1. The van der Waals surface area contributed by atoms with Gasteiger partial charge in [0.2, 0.25) is 0 Å². The van der Waals surface area contributed by atoms with Gasteiger partial charge >= 0.3 is 0 Å². The highest BCUT2D eigenvalue weighted by atomic mass is 16.7. The molecule has 8 heteroatoms. The molecule has 8 nitrogen and oxygen atoms in total. The van der Waals surface area contributed by atoms with Crippen LogP contribution in [0.15, 0.2) is 116 Å². The molecule has 2 fully saturated rings. The summed E-state index contributed by atoms with van der Waals surface area (Å²) in [6.07, 6.45) is 8.56. The molecule has 50 heavy (non-hydrogen) atoms. The molecular formula is C42H44N4O4. The van der Waals surface area contributed by atoms with Crippen molar-refractivity contribution in [3.8, 4) is 11.1 Å². The Hall–Kier alpha value is -4.73. The van der Waals surface area contributed by atoms with Gasteiger partial charge in [-0.1, -0.05) is 104 Å². The Morgan fingerprint density at radius 3 is 2.38 bits per heavy atom. The van der Waals surface area contributed by atoms with Crippen molar-refractivity contribution < 1.29 is 19.4 Å². The summed E-state index contributed by atoms with van der Waals surface area (Å²) in [5.41, 5.74) is 7.70. The molecule has 0 bridgehead atoms. The number of hydrogen-bond acceptors (Lipinski definition) is 7. The van der Waals surface area contributed by atoms with Crippen molar-refractivity contribution in [1.29, 1.82) is 0 Å². The highest BCUT2D eigenvalue weighted by Gasteiger charge is 2.34. The average molecular weight is 669 g/mol. The number of fused-ring (bicyclic) bond motifs is 1. The quantitative estimate of drug-likeness (QED) is 0.132. The molecule has 2 N–H and O–H groups in total. The number of aromatic nitrogens is 2. The van der Waals surface area contributed by atoms with Crippen molar-refractivity contribution in [2.24, 2.45) is 0 Å². The fraction of sp³-hybridized carbons (Fsp3) is 0.310. The number of ether oxygens (including phenoxy) is 2. The number of nitrogens with zero attached hydrogens (tertiary/aromatic N) is 3. The zero-order chi connectivity index (χ0) is 34.3. The summed E-state index contributed by atoms with van der Waals surface area (Å²) in [7, 11) is 0. The molecule has 4 aromatic carbocycles. The summed E-state index contributed by atoms with van der Waals surface area (Å²) in [5.74, 6) is -0.269.